The van der Waals surface area contributed by atoms with Gasteiger partial charge in [0.05, 0.1) is 5.52 Å². The van der Waals surface area contributed by atoms with Gasteiger partial charge in [-0.1, -0.05) is 35.9 Å². The Morgan fingerprint density at radius 2 is 1.63 bits per heavy atom. The van der Waals surface area contributed by atoms with Crippen molar-refractivity contribution < 1.29 is 0 Å². The fourth-order valence-electron chi connectivity index (χ4n) is 2.83. The first-order valence-electron chi connectivity index (χ1n) is 6.39. The Morgan fingerprint density at radius 3 is 2.32 bits per heavy atom. The molecule has 0 aliphatic carbocycles. The van der Waals surface area contributed by atoms with Gasteiger partial charge in [0.2, 0.25) is 0 Å². The number of para-hydroxylation sites is 1. The van der Waals surface area contributed by atoms with E-state index in [9.17, 15) is 0 Å². The number of fused-ring (bicyclic) bond motifs is 1. The zero-order chi connectivity index (χ0) is 13.6. The molecule has 0 unspecified atom stereocenters. The van der Waals surface area contributed by atoms with Crippen LogP contribution >= 0.6 is 0 Å². The minimum Gasteiger partial charge on any atom is -0.323 e. The fourth-order valence-corrected chi connectivity index (χ4v) is 2.83. The van der Waals surface area contributed by atoms with E-state index in [0.29, 0.717) is 0 Å². The molecular formula is C16H17N3. The highest BCUT2D eigenvalue weighted by molar-refractivity contribution is 5.94. The van der Waals surface area contributed by atoms with Gasteiger partial charge in [0.25, 0.3) is 0 Å². The molecule has 0 fully saturated rings. The van der Waals surface area contributed by atoms with E-state index >= 15 is 0 Å². The molecule has 0 spiro atoms. The van der Waals surface area contributed by atoms with Gasteiger partial charge in [-0.05, 0) is 38.0 Å². The second-order valence-electron chi connectivity index (χ2n) is 5.08. The molecule has 0 amide bonds. The predicted octanol–water partition coefficient (Wildman–Crippen LogP) is 3.34. The third-order valence-corrected chi connectivity index (χ3v) is 3.53. The van der Waals surface area contributed by atoms with Gasteiger partial charge in [-0.25, -0.2) is 0 Å². The number of nitrogen functional groups attached to an aromatic ring is 1. The summed E-state index contributed by atoms with van der Waals surface area (Å²) < 4.78 is 0. The SMILES string of the molecule is Cc1cc(C)c(-c2nn(N)c3ccccc23)c(C)c1. The van der Waals surface area contributed by atoms with Crippen LogP contribution in [0.2, 0.25) is 0 Å². The number of nitrogens with zero attached hydrogens (tertiary/aromatic N) is 2. The van der Waals surface area contributed by atoms with Gasteiger partial charge in [-0.15, -0.1) is 0 Å². The third kappa shape index (κ3) is 1.78. The molecule has 3 rings (SSSR count). The molecule has 0 saturated heterocycles. The van der Waals surface area contributed by atoms with Gasteiger partial charge in [0, 0.05) is 10.9 Å². The van der Waals surface area contributed by atoms with E-state index in [0.717, 1.165) is 16.6 Å². The minimum atomic E-state index is 0.955. The highest BCUT2D eigenvalue weighted by Crippen LogP contribution is 2.32. The van der Waals surface area contributed by atoms with Crippen molar-refractivity contribution in [2.24, 2.45) is 0 Å². The minimum absolute atomic E-state index is 0.955. The summed E-state index contributed by atoms with van der Waals surface area (Å²) in [6.45, 7) is 6.36. The molecular weight excluding hydrogens is 234 g/mol. The molecule has 0 aliphatic heterocycles. The van der Waals surface area contributed by atoms with Gasteiger partial charge in [-0.3, -0.25) is 0 Å². The molecule has 0 saturated carbocycles. The van der Waals surface area contributed by atoms with Crippen LogP contribution in [0.3, 0.4) is 0 Å². The molecule has 3 nitrogen and oxygen atoms in total. The summed E-state index contributed by atoms with van der Waals surface area (Å²) in [5.74, 6) is 5.95. The van der Waals surface area contributed by atoms with Crippen molar-refractivity contribution in [1.29, 1.82) is 0 Å². The first-order chi connectivity index (χ1) is 9.08. The number of rotatable bonds is 1. The normalized spacial score (nSPS) is 11.1. The Morgan fingerprint density at radius 1 is 1.00 bits per heavy atom. The molecule has 96 valence electrons. The van der Waals surface area contributed by atoms with Crippen molar-refractivity contribution in [2.75, 3.05) is 5.84 Å². The van der Waals surface area contributed by atoms with E-state index in [-0.39, 0.29) is 0 Å². The van der Waals surface area contributed by atoms with Gasteiger partial charge < -0.3 is 5.84 Å². The van der Waals surface area contributed by atoms with Crippen LogP contribution in [0, 0.1) is 20.8 Å². The summed E-state index contributed by atoms with van der Waals surface area (Å²) in [6.07, 6.45) is 0. The number of hydrogen-bond acceptors (Lipinski definition) is 2. The van der Waals surface area contributed by atoms with Crippen LogP contribution in [0.25, 0.3) is 22.2 Å². The number of aryl methyl sites for hydroxylation is 3. The zero-order valence-corrected chi connectivity index (χ0v) is 11.4. The summed E-state index contributed by atoms with van der Waals surface area (Å²) in [4.78, 5) is 1.46. The monoisotopic (exact) mass is 251 g/mol. The van der Waals surface area contributed by atoms with Crippen LogP contribution < -0.4 is 5.84 Å². The van der Waals surface area contributed by atoms with Crippen molar-refractivity contribution in [2.45, 2.75) is 20.8 Å². The molecule has 1 aromatic heterocycles. The topological polar surface area (TPSA) is 43.8 Å². The molecule has 1 heterocycles. The molecule has 19 heavy (non-hydrogen) atoms. The average Bonchev–Trinajstić information content (AvgIpc) is 2.67. The van der Waals surface area contributed by atoms with Gasteiger partial charge in [0.15, 0.2) is 0 Å². The maximum absolute atomic E-state index is 5.95. The summed E-state index contributed by atoms with van der Waals surface area (Å²) in [7, 11) is 0. The van der Waals surface area contributed by atoms with E-state index in [1.807, 2.05) is 18.2 Å². The number of nitrogens with two attached hydrogens (primary N) is 1. The van der Waals surface area contributed by atoms with Crippen LogP contribution in [0.15, 0.2) is 36.4 Å². The molecule has 2 N–H and O–H groups in total. The van der Waals surface area contributed by atoms with E-state index in [2.05, 4.69) is 44.1 Å². The molecule has 2 aromatic carbocycles. The van der Waals surface area contributed by atoms with Gasteiger partial charge in [-0.2, -0.15) is 9.89 Å². The Kier molecular flexibility index (Phi) is 2.56. The fraction of sp³-hybridized carbons (Fsp3) is 0.188. The number of hydrogen-bond donors (Lipinski definition) is 1. The second-order valence-corrected chi connectivity index (χ2v) is 5.08. The van der Waals surface area contributed by atoms with E-state index in [1.54, 1.807) is 0 Å². The zero-order valence-electron chi connectivity index (χ0n) is 11.4. The Labute approximate surface area is 112 Å². The molecule has 0 bridgehead atoms. The van der Waals surface area contributed by atoms with Crippen LogP contribution in [0.1, 0.15) is 16.7 Å². The lowest BCUT2D eigenvalue weighted by Crippen LogP contribution is -2.09. The highest BCUT2D eigenvalue weighted by atomic mass is 15.5. The molecule has 0 aliphatic rings. The number of benzene rings is 2. The quantitative estimate of drug-likeness (QED) is 0.674. The lowest BCUT2D eigenvalue weighted by molar-refractivity contribution is 0.866. The predicted molar refractivity (Wildman–Crippen MR) is 79.5 cm³/mol. The van der Waals surface area contributed by atoms with Gasteiger partial charge in [0.1, 0.15) is 5.69 Å². The highest BCUT2D eigenvalue weighted by Gasteiger charge is 2.14. The Bertz CT molecular complexity index is 746. The van der Waals surface area contributed by atoms with E-state index in [4.69, 9.17) is 5.84 Å². The molecule has 0 radical (unpaired) electrons. The summed E-state index contributed by atoms with van der Waals surface area (Å²) in [5, 5.41) is 5.60. The van der Waals surface area contributed by atoms with Gasteiger partial charge >= 0.3 is 0 Å². The maximum Gasteiger partial charge on any atom is 0.103 e. The third-order valence-electron chi connectivity index (χ3n) is 3.53. The lowest BCUT2D eigenvalue weighted by atomic mass is 9.96. The smallest absolute Gasteiger partial charge is 0.103 e. The van der Waals surface area contributed by atoms with Crippen molar-refractivity contribution in [3.05, 3.63) is 53.1 Å². The molecule has 0 atom stereocenters. The first-order valence-corrected chi connectivity index (χ1v) is 6.39. The van der Waals surface area contributed by atoms with Crippen LogP contribution in [0.4, 0.5) is 0 Å². The van der Waals surface area contributed by atoms with Crippen LogP contribution in [0.5, 0.6) is 0 Å². The Hall–Kier alpha value is -2.29. The van der Waals surface area contributed by atoms with Crippen molar-refractivity contribution in [3.63, 3.8) is 0 Å². The van der Waals surface area contributed by atoms with E-state index in [1.165, 1.54) is 27.0 Å². The lowest BCUT2D eigenvalue weighted by Gasteiger charge is -2.09. The Balaban J connectivity index is 2.37. The molecule has 3 heteroatoms. The summed E-state index contributed by atoms with van der Waals surface area (Å²) in [6, 6.07) is 12.4. The maximum atomic E-state index is 5.95. The van der Waals surface area contributed by atoms with Crippen LogP contribution in [-0.2, 0) is 0 Å². The number of aromatic nitrogens is 2. The van der Waals surface area contributed by atoms with E-state index < -0.39 is 0 Å². The average molecular weight is 251 g/mol. The standard InChI is InChI=1S/C16H17N3/c1-10-8-11(2)15(12(3)9-10)16-13-6-4-5-7-14(13)19(17)18-16/h4-9H,17H2,1-3H3. The second kappa shape index (κ2) is 4.12. The summed E-state index contributed by atoms with van der Waals surface area (Å²) in [5.41, 5.74) is 6.86. The van der Waals surface area contributed by atoms with Crippen LogP contribution in [-0.4, -0.2) is 9.89 Å². The van der Waals surface area contributed by atoms with Crippen molar-refractivity contribution in [3.8, 4) is 11.3 Å². The summed E-state index contributed by atoms with van der Waals surface area (Å²) >= 11 is 0. The van der Waals surface area contributed by atoms with Crippen molar-refractivity contribution in [1.82, 2.24) is 9.89 Å². The van der Waals surface area contributed by atoms with Crippen molar-refractivity contribution >= 4 is 10.9 Å². The largest absolute Gasteiger partial charge is 0.323 e. The molecule has 3 aromatic rings. The first kappa shape index (κ1) is 11.8.